The van der Waals surface area contributed by atoms with E-state index in [1.165, 1.54) is 34.2 Å². The van der Waals surface area contributed by atoms with Gasteiger partial charge in [-0.2, -0.15) is 0 Å². The average Bonchev–Trinajstić information content (AvgIpc) is 3.36. The molecule has 154 valence electrons. The Morgan fingerprint density at radius 3 is 2.67 bits per heavy atom. The van der Waals surface area contributed by atoms with E-state index in [2.05, 4.69) is 66.7 Å². The first-order valence-electron chi connectivity index (χ1n) is 9.91. The normalized spacial score (nSPS) is 18.0. The molecule has 4 rings (SSSR count). The molecular formula is C23H24N4OS2. The Morgan fingerprint density at radius 2 is 1.97 bits per heavy atom. The minimum absolute atomic E-state index is 0.0552. The van der Waals surface area contributed by atoms with E-state index in [1.54, 1.807) is 0 Å². The number of hydrogen-bond acceptors (Lipinski definition) is 6. The van der Waals surface area contributed by atoms with Crippen molar-refractivity contribution in [2.24, 2.45) is 0 Å². The molecule has 7 heteroatoms. The summed E-state index contributed by atoms with van der Waals surface area (Å²) in [5, 5.41) is 18.5. The van der Waals surface area contributed by atoms with Crippen LogP contribution in [0.2, 0.25) is 0 Å². The zero-order valence-electron chi connectivity index (χ0n) is 17.7. The fourth-order valence-corrected chi connectivity index (χ4v) is 5.71. The molecule has 0 radical (unpaired) electrons. The molecule has 30 heavy (non-hydrogen) atoms. The molecule has 0 bridgehead atoms. The van der Waals surface area contributed by atoms with Gasteiger partial charge in [0.05, 0.1) is 9.95 Å². The maximum atomic E-state index is 13.1. The van der Waals surface area contributed by atoms with Crippen molar-refractivity contribution in [2.45, 2.75) is 47.0 Å². The minimum Gasteiger partial charge on any atom is -0.318 e. The standard InChI is InChI=1S/C23H24N4OS2/c1-6-19-25-26-23(30-19)20-21(28)18(29-22(20)24)11-16-10-13(3)27(15(16)5)17-9-7-8-12(2)14(17)4/h7-11,20,24H,6H2,1-5H3/b18-11-,24-22?/t20-/m0/s1. The van der Waals surface area contributed by atoms with E-state index in [-0.39, 0.29) is 5.78 Å². The average molecular weight is 437 g/mol. The molecule has 0 unspecified atom stereocenters. The van der Waals surface area contributed by atoms with Crippen molar-refractivity contribution in [3.8, 4) is 5.69 Å². The molecule has 1 aromatic carbocycles. The van der Waals surface area contributed by atoms with Gasteiger partial charge in [0, 0.05) is 17.1 Å². The van der Waals surface area contributed by atoms with E-state index in [0.717, 1.165) is 34.1 Å². The van der Waals surface area contributed by atoms with Crippen LogP contribution in [0.25, 0.3) is 11.8 Å². The molecule has 0 saturated carbocycles. The predicted octanol–water partition coefficient (Wildman–Crippen LogP) is 5.54. The molecule has 0 amide bonds. The first-order valence-corrected chi connectivity index (χ1v) is 11.5. The summed E-state index contributed by atoms with van der Waals surface area (Å²) in [5.41, 5.74) is 6.86. The second-order valence-electron chi connectivity index (χ2n) is 7.54. The number of hydrogen-bond donors (Lipinski definition) is 1. The van der Waals surface area contributed by atoms with Crippen molar-refractivity contribution in [1.82, 2.24) is 14.8 Å². The number of rotatable bonds is 4. The van der Waals surface area contributed by atoms with Crippen molar-refractivity contribution in [2.75, 3.05) is 0 Å². The Hall–Kier alpha value is -2.51. The highest BCUT2D eigenvalue weighted by Gasteiger charge is 2.39. The molecule has 1 aliphatic rings. The smallest absolute Gasteiger partial charge is 0.186 e. The highest BCUT2D eigenvalue weighted by Crippen LogP contribution is 2.42. The van der Waals surface area contributed by atoms with Crippen LogP contribution in [0, 0.1) is 33.1 Å². The summed E-state index contributed by atoms with van der Waals surface area (Å²) in [7, 11) is 0. The number of carbonyl (C=O) groups is 1. The number of benzene rings is 1. The monoisotopic (exact) mass is 436 g/mol. The number of carbonyl (C=O) groups excluding carboxylic acids is 1. The van der Waals surface area contributed by atoms with Crippen LogP contribution in [-0.4, -0.2) is 25.6 Å². The summed E-state index contributed by atoms with van der Waals surface area (Å²) < 4.78 is 2.24. The van der Waals surface area contributed by atoms with Gasteiger partial charge in [-0.05, 0) is 69.0 Å². The van der Waals surface area contributed by atoms with Gasteiger partial charge in [-0.25, -0.2) is 0 Å². The molecule has 0 spiro atoms. The van der Waals surface area contributed by atoms with Crippen LogP contribution in [0.4, 0.5) is 0 Å². The Balaban J connectivity index is 1.71. The van der Waals surface area contributed by atoms with Crippen molar-refractivity contribution in [3.63, 3.8) is 0 Å². The van der Waals surface area contributed by atoms with Crippen LogP contribution in [0.3, 0.4) is 0 Å². The number of aromatic nitrogens is 3. The van der Waals surface area contributed by atoms with E-state index in [4.69, 9.17) is 5.41 Å². The highest BCUT2D eigenvalue weighted by molar-refractivity contribution is 8.19. The molecule has 1 aliphatic heterocycles. The van der Waals surface area contributed by atoms with Gasteiger partial charge in [-0.3, -0.25) is 10.2 Å². The molecular weight excluding hydrogens is 412 g/mol. The predicted molar refractivity (Wildman–Crippen MR) is 125 cm³/mol. The lowest BCUT2D eigenvalue weighted by molar-refractivity contribution is -0.114. The number of Topliss-reactive ketones (excluding diaryl/α,β-unsaturated/α-hetero) is 1. The number of thioether (sulfide) groups is 1. The van der Waals surface area contributed by atoms with Gasteiger partial charge in [0.1, 0.15) is 15.9 Å². The zero-order chi connectivity index (χ0) is 21.6. The van der Waals surface area contributed by atoms with Crippen molar-refractivity contribution >= 4 is 40.0 Å². The van der Waals surface area contributed by atoms with Gasteiger partial charge in [-0.1, -0.05) is 30.8 Å². The van der Waals surface area contributed by atoms with Gasteiger partial charge in [-0.15, -0.1) is 21.5 Å². The molecule has 3 aromatic rings. The van der Waals surface area contributed by atoms with E-state index in [1.807, 2.05) is 13.0 Å². The SMILES string of the molecule is CCc1nnc([C@@H]2C(=N)S/C(=C\c3cc(C)n(-c4cccc(C)c4C)c3C)C2=O)s1. The first kappa shape index (κ1) is 20.8. The fraction of sp³-hybridized carbons (Fsp3) is 0.304. The van der Waals surface area contributed by atoms with Crippen molar-refractivity contribution in [1.29, 1.82) is 5.41 Å². The van der Waals surface area contributed by atoms with Crippen molar-refractivity contribution < 1.29 is 4.79 Å². The Kier molecular flexibility index (Phi) is 5.51. The third-order valence-corrected chi connectivity index (χ3v) is 7.72. The van der Waals surface area contributed by atoms with Gasteiger partial charge >= 0.3 is 0 Å². The number of aryl methyl sites for hydroxylation is 3. The third kappa shape index (κ3) is 3.46. The highest BCUT2D eigenvalue weighted by atomic mass is 32.2. The third-order valence-electron chi connectivity index (χ3n) is 5.59. The quantitative estimate of drug-likeness (QED) is 0.545. The van der Waals surface area contributed by atoms with Gasteiger partial charge in [0.2, 0.25) is 0 Å². The van der Waals surface area contributed by atoms with Crippen LogP contribution in [0.1, 0.15) is 50.9 Å². The molecule has 1 fully saturated rings. The zero-order valence-corrected chi connectivity index (χ0v) is 19.4. The van der Waals surface area contributed by atoms with E-state index in [9.17, 15) is 4.79 Å². The molecule has 5 nitrogen and oxygen atoms in total. The summed E-state index contributed by atoms with van der Waals surface area (Å²) in [6.07, 6.45) is 2.71. The Bertz CT molecular complexity index is 1200. The molecule has 1 saturated heterocycles. The second-order valence-corrected chi connectivity index (χ2v) is 9.72. The lowest BCUT2D eigenvalue weighted by Crippen LogP contribution is -2.11. The van der Waals surface area contributed by atoms with Crippen LogP contribution < -0.4 is 0 Å². The summed E-state index contributed by atoms with van der Waals surface area (Å²) >= 11 is 2.67. The van der Waals surface area contributed by atoms with Gasteiger partial charge in [0.15, 0.2) is 5.78 Å². The molecule has 1 atom stereocenters. The first-order chi connectivity index (χ1) is 14.3. The topological polar surface area (TPSA) is 71.6 Å². The molecule has 3 heterocycles. The molecule has 0 aliphatic carbocycles. The number of nitrogens with zero attached hydrogens (tertiary/aromatic N) is 3. The van der Waals surface area contributed by atoms with Crippen molar-refractivity contribution in [3.05, 3.63) is 67.3 Å². The van der Waals surface area contributed by atoms with E-state index >= 15 is 0 Å². The fourth-order valence-electron chi connectivity index (χ4n) is 3.76. The summed E-state index contributed by atoms with van der Waals surface area (Å²) in [6, 6.07) is 8.42. The van der Waals surface area contributed by atoms with Crippen LogP contribution in [0.5, 0.6) is 0 Å². The maximum absolute atomic E-state index is 13.1. The van der Waals surface area contributed by atoms with E-state index in [0.29, 0.717) is 15.0 Å². The van der Waals surface area contributed by atoms with Gasteiger partial charge < -0.3 is 4.57 Å². The van der Waals surface area contributed by atoms with Crippen LogP contribution in [0.15, 0.2) is 29.2 Å². The van der Waals surface area contributed by atoms with E-state index < -0.39 is 5.92 Å². The molecule has 2 aromatic heterocycles. The second kappa shape index (κ2) is 7.96. The number of nitrogens with one attached hydrogen (secondary N) is 1. The Labute approximate surface area is 184 Å². The largest absolute Gasteiger partial charge is 0.318 e. The Morgan fingerprint density at radius 1 is 1.20 bits per heavy atom. The van der Waals surface area contributed by atoms with Crippen LogP contribution in [-0.2, 0) is 11.2 Å². The maximum Gasteiger partial charge on any atom is 0.186 e. The summed E-state index contributed by atoms with van der Waals surface area (Å²) in [6.45, 7) is 10.4. The molecule has 1 N–H and O–H groups in total. The van der Waals surface area contributed by atoms with Crippen LogP contribution >= 0.6 is 23.1 Å². The summed E-state index contributed by atoms with van der Waals surface area (Å²) in [5.74, 6) is -0.665. The lowest BCUT2D eigenvalue weighted by Gasteiger charge is -2.14. The summed E-state index contributed by atoms with van der Waals surface area (Å²) in [4.78, 5) is 13.7. The number of ketones is 1. The van der Waals surface area contributed by atoms with Gasteiger partial charge in [0.25, 0.3) is 0 Å². The lowest BCUT2D eigenvalue weighted by atomic mass is 10.1. The minimum atomic E-state index is -0.610. The number of allylic oxidation sites excluding steroid dienone is 1.